The molecule has 0 aromatic carbocycles. The van der Waals surface area contributed by atoms with E-state index in [0.29, 0.717) is 6.42 Å². The predicted molar refractivity (Wildman–Crippen MR) is 83.6 cm³/mol. The zero-order valence-electron chi connectivity index (χ0n) is 14.4. The smallest absolute Gasteiger partial charge is 0.747 e. The van der Waals surface area contributed by atoms with Crippen molar-refractivity contribution in [3.05, 3.63) is 0 Å². The molecule has 0 aromatic rings. The zero-order valence-corrected chi connectivity index (χ0v) is 17.2. The van der Waals surface area contributed by atoms with Crippen molar-refractivity contribution in [2.45, 2.75) is 89.3 Å². The minimum atomic E-state index is -4.29. The maximum Gasteiger partial charge on any atom is 1.00 e. The summed E-state index contributed by atoms with van der Waals surface area (Å²) >= 11 is 0. The third-order valence-corrected chi connectivity index (χ3v) is 5.60. The third kappa shape index (κ3) is 11.1. The molecule has 0 aromatic heterocycles. The Morgan fingerprint density at radius 2 is 1.29 bits per heavy atom. The summed E-state index contributed by atoms with van der Waals surface area (Å²) in [5.74, 6) is 0. The first-order valence-corrected chi connectivity index (χ1v) is 9.42. The number of hydrogen-bond acceptors (Lipinski definition) is 4. The molecule has 0 rings (SSSR count). The number of hydrogen-bond donors (Lipinski definition) is 1. The van der Waals surface area contributed by atoms with Crippen LogP contribution in [0.4, 0.5) is 0 Å². The van der Waals surface area contributed by atoms with Crippen LogP contribution in [0.5, 0.6) is 0 Å². The summed E-state index contributed by atoms with van der Waals surface area (Å²) in [6, 6.07) is 0. The van der Waals surface area contributed by atoms with Crippen molar-refractivity contribution >= 4 is 10.1 Å². The second-order valence-electron chi connectivity index (χ2n) is 5.87. The summed E-state index contributed by atoms with van der Waals surface area (Å²) in [6.07, 6.45) is 12.4. The Balaban J connectivity index is 0. The molecule has 0 saturated heterocycles. The largest absolute Gasteiger partial charge is 1.00 e. The fourth-order valence-corrected chi connectivity index (χ4v) is 2.97. The molecule has 122 valence electrons. The van der Waals surface area contributed by atoms with E-state index in [2.05, 4.69) is 12.2 Å². The van der Waals surface area contributed by atoms with Crippen molar-refractivity contribution in [2.75, 3.05) is 7.05 Å². The van der Waals surface area contributed by atoms with Crippen LogP contribution >= 0.6 is 0 Å². The average Bonchev–Trinajstić information content (AvgIpc) is 2.39. The second kappa shape index (κ2) is 13.3. The van der Waals surface area contributed by atoms with Gasteiger partial charge in [-0.15, -0.1) is 0 Å². The van der Waals surface area contributed by atoms with Crippen molar-refractivity contribution in [1.82, 2.24) is 5.32 Å². The minimum absolute atomic E-state index is 0. The SMILES string of the molecule is CCCCCCCCCCCCC(C)(NC)S(=O)(=O)[O-].[Na+]. The van der Waals surface area contributed by atoms with Crippen molar-refractivity contribution < 1.29 is 42.5 Å². The van der Waals surface area contributed by atoms with Crippen molar-refractivity contribution in [1.29, 1.82) is 0 Å². The van der Waals surface area contributed by atoms with Gasteiger partial charge in [0.05, 0.1) is 0 Å². The molecule has 1 N–H and O–H groups in total. The molecule has 0 spiro atoms. The minimum Gasteiger partial charge on any atom is -0.747 e. The first kappa shape index (κ1) is 24.1. The van der Waals surface area contributed by atoms with Crippen LogP contribution in [-0.2, 0) is 10.1 Å². The molecule has 0 amide bonds. The maximum atomic E-state index is 11.2. The van der Waals surface area contributed by atoms with E-state index in [-0.39, 0.29) is 29.6 Å². The fraction of sp³-hybridized carbons (Fsp3) is 1.00. The third-order valence-electron chi connectivity index (χ3n) is 4.09. The monoisotopic (exact) mass is 329 g/mol. The Morgan fingerprint density at radius 3 is 1.62 bits per heavy atom. The van der Waals surface area contributed by atoms with Gasteiger partial charge in [0.25, 0.3) is 0 Å². The molecule has 0 bridgehead atoms. The molecule has 0 heterocycles. The van der Waals surface area contributed by atoms with E-state index >= 15 is 0 Å². The molecule has 0 aliphatic heterocycles. The van der Waals surface area contributed by atoms with Crippen molar-refractivity contribution in [2.24, 2.45) is 0 Å². The fourth-order valence-electron chi connectivity index (χ4n) is 2.32. The number of nitrogens with one attached hydrogen (secondary N) is 1. The van der Waals surface area contributed by atoms with E-state index in [1.807, 2.05) is 0 Å². The molecule has 21 heavy (non-hydrogen) atoms. The summed E-state index contributed by atoms with van der Waals surface area (Å²) in [6.45, 7) is 3.70. The molecule has 0 saturated carbocycles. The van der Waals surface area contributed by atoms with Gasteiger partial charge in [0.1, 0.15) is 15.0 Å². The van der Waals surface area contributed by atoms with E-state index in [9.17, 15) is 13.0 Å². The van der Waals surface area contributed by atoms with Crippen LogP contribution in [0.3, 0.4) is 0 Å². The second-order valence-corrected chi connectivity index (χ2v) is 7.68. The van der Waals surface area contributed by atoms with Gasteiger partial charge in [0, 0.05) is 0 Å². The summed E-state index contributed by atoms with van der Waals surface area (Å²) in [5, 5.41) is 2.65. The summed E-state index contributed by atoms with van der Waals surface area (Å²) in [7, 11) is -2.75. The van der Waals surface area contributed by atoms with Crippen LogP contribution in [-0.4, -0.2) is 24.9 Å². The molecule has 0 aliphatic rings. The molecule has 6 heteroatoms. The van der Waals surface area contributed by atoms with Gasteiger partial charge in [0.15, 0.2) is 0 Å². The van der Waals surface area contributed by atoms with Crippen LogP contribution in [0, 0.1) is 0 Å². The Kier molecular flexibility index (Phi) is 15.3. The van der Waals surface area contributed by atoms with Crippen molar-refractivity contribution in [3.8, 4) is 0 Å². The van der Waals surface area contributed by atoms with Gasteiger partial charge in [-0.2, -0.15) is 0 Å². The van der Waals surface area contributed by atoms with Gasteiger partial charge in [-0.25, -0.2) is 8.42 Å². The maximum absolute atomic E-state index is 11.2. The zero-order chi connectivity index (χ0) is 15.5. The molecule has 1 unspecified atom stereocenters. The van der Waals surface area contributed by atoms with E-state index in [1.165, 1.54) is 58.9 Å². The van der Waals surface area contributed by atoms with Crippen LogP contribution in [0.15, 0.2) is 0 Å². The molecule has 4 nitrogen and oxygen atoms in total. The molecular formula is C15H32NNaO3S. The Bertz CT molecular complexity index is 336. The number of rotatable bonds is 13. The van der Waals surface area contributed by atoms with Gasteiger partial charge < -0.3 is 9.87 Å². The molecule has 0 aliphatic carbocycles. The molecular weight excluding hydrogens is 297 g/mol. The van der Waals surface area contributed by atoms with Crippen LogP contribution in [0.1, 0.15) is 84.5 Å². The summed E-state index contributed by atoms with van der Waals surface area (Å²) < 4.78 is 33.5. The summed E-state index contributed by atoms with van der Waals surface area (Å²) in [4.78, 5) is -1.31. The normalized spacial score (nSPS) is 14.5. The topological polar surface area (TPSA) is 69.2 Å². The summed E-state index contributed by atoms with van der Waals surface area (Å²) in [5.41, 5.74) is 0. The predicted octanol–water partition coefficient (Wildman–Crippen LogP) is 0.782. The Labute approximate surface area is 153 Å². The first-order chi connectivity index (χ1) is 9.37. The standard InChI is InChI=1S/C15H33NO3S.Na/c1-4-5-6-7-8-9-10-11-12-13-14-15(2,16-3)20(17,18)19;/h16H,4-14H2,1-3H3,(H,17,18,19);/q;+1/p-1. The quantitative estimate of drug-likeness (QED) is 0.308. The van der Waals surface area contributed by atoms with E-state index < -0.39 is 15.0 Å². The van der Waals surface area contributed by atoms with Gasteiger partial charge >= 0.3 is 29.6 Å². The molecule has 0 fully saturated rings. The number of unbranched alkanes of at least 4 members (excludes halogenated alkanes) is 9. The van der Waals surface area contributed by atoms with Gasteiger partial charge in [-0.1, -0.05) is 71.1 Å². The van der Waals surface area contributed by atoms with Crippen molar-refractivity contribution in [3.63, 3.8) is 0 Å². The van der Waals surface area contributed by atoms with Crippen LogP contribution in [0.2, 0.25) is 0 Å². The van der Waals surface area contributed by atoms with E-state index in [0.717, 1.165) is 19.3 Å². The Morgan fingerprint density at radius 1 is 0.905 bits per heavy atom. The van der Waals surface area contributed by atoms with Crippen LogP contribution in [0.25, 0.3) is 0 Å². The molecule has 0 radical (unpaired) electrons. The van der Waals surface area contributed by atoms with Gasteiger partial charge in [-0.3, -0.25) is 0 Å². The van der Waals surface area contributed by atoms with Gasteiger partial charge in [0.2, 0.25) is 0 Å². The van der Waals surface area contributed by atoms with Gasteiger partial charge in [-0.05, 0) is 20.4 Å². The first-order valence-electron chi connectivity index (χ1n) is 8.01. The van der Waals surface area contributed by atoms with E-state index in [1.54, 1.807) is 0 Å². The van der Waals surface area contributed by atoms with Crippen LogP contribution < -0.4 is 34.9 Å². The Hall–Kier alpha value is 0.870. The average molecular weight is 329 g/mol. The van der Waals surface area contributed by atoms with E-state index in [4.69, 9.17) is 0 Å². The molecule has 1 atom stereocenters.